The number of nitrogens with zero attached hydrogens (tertiary/aromatic N) is 2. The summed E-state index contributed by atoms with van der Waals surface area (Å²) in [7, 11) is 0. The summed E-state index contributed by atoms with van der Waals surface area (Å²) < 4.78 is 50.9. The van der Waals surface area contributed by atoms with Crippen molar-refractivity contribution in [3.05, 3.63) is 113 Å². The van der Waals surface area contributed by atoms with Gasteiger partial charge in [-0.2, -0.15) is 13.2 Å². The number of ether oxygens (including phenoxy) is 2. The molecule has 2 saturated heterocycles. The molecule has 0 bridgehead atoms. The molecule has 1 N–H and O–H groups in total. The van der Waals surface area contributed by atoms with Gasteiger partial charge in [-0.25, -0.2) is 9.59 Å². The molecule has 1 unspecified atom stereocenters. The molecule has 12 heteroatoms. The van der Waals surface area contributed by atoms with Gasteiger partial charge < -0.3 is 19.7 Å². The number of hydrogen-bond acceptors (Lipinski definition) is 6. The highest BCUT2D eigenvalue weighted by molar-refractivity contribution is 6.08. The predicted molar refractivity (Wildman–Crippen MR) is 165 cm³/mol. The minimum absolute atomic E-state index is 0.0184. The summed E-state index contributed by atoms with van der Waals surface area (Å²) >= 11 is 0. The maximum atomic E-state index is 14.2. The lowest BCUT2D eigenvalue weighted by Gasteiger charge is -2.53. The van der Waals surface area contributed by atoms with E-state index in [0.29, 0.717) is 11.1 Å². The van der Waals surface area contributed by atoms with Crippen LogP contribution in [0.3, 0.4) is 0 Å². The SMILES string of the molecule is C=Cc1ccccc1[C@@H]1[C@H](N2C(=O)OC[C@@H]2c2ccccc2)C(=O)N1C(C(=O)NCc1cccc(C(F)(F)F)c1)C(=O)OC(C)(C)C. The van der Waals surface area contributed by atoms with E-state index in [1.54, 1.807) is 75.4 Å². The summed E-state index contributed by atoms with van der Waals surface area (Å²) in [5.74, 6) is -2.72. The second-order valence-corrected chi connectivity index (χ2v) is 12.2. The molecule has 47 heavy (non-hydrogen) atoms. The quantitative estimate of drug-likeness (QED) is 0.178. The summed E-state index contributed by atoms with van der Waals surface area (Å²) in [6, 6.07) is 15.7. The Balaban J connectivity index is 1.55. The van der Waals surface area contributed by atoms with Gasteiger partial charge in [0, 0.05) is 6.54 Å². The van der Waals surface area contributed by atoms with Crippen LogP contribution in [-0.4, -0.2) is 58.0 Å². The molecule has 2 heterocycles. The summed E-state index contributed by atoms with van der Waals surface area (Å²) in [6.45, 7) is 8.27. The van der Waals surface area contributed by atoms with Crippen molar-refractivity contribution in [3.8, 4) is 0 Å². The van der Waals surface area contributed by atoms with Gasteiger partial charge in [0.2, 0.25) is 11.9 Å². The van der Waals surface area contributed by atoms with Crippen LogP contribution in [-0.2, 0) is 36.6 Å². The molecule has 3 aromatic rings. The maximum absolute atomic E-state index is 14.2. The first-order valence-electron chi connectivity index (χ1n) is 14.9. The van der Waals surface area contributed by atoms with Crippen LogP contribution in [0.25, 0.3) is 6.08 Å². The van der Waals surface area contributed by atoms with Crippen LogP contribution in [0.5, 0.6) is 0 Å². The third kappa shape index (κ3) is 6.86. The molecule has 246 valence electrons. The maximum Gasteiger partial charge on any atom is 0.416 e. The Morgan fingerprint density at radius 2 is 1.68 bits per heavy atom. The van der Waals surface area contributed by atoms with Crippen LogP contribution in [0.4, 0.5) is 18.0 Å². The Bertz CT molecular complexity index is 1690. The Hall–Kier alpha value is -5.13. The van der Waals surface area contributed by atoms with Crippen LogP contribution in [0.15, 0.2) is 85.4 Å². The zero-order valence-corrected chi connectivity index (χ0v) is 26.0. The van der Waals surface area contributed by atoms with Crippen molar-refractivity contribution in [2.75, 3.05) is 6.61 Å². The third-order valence-corrected chi connectivity index (χ3v) is 7.91. The number of carbonyl (C=O) groups is 4. The molecule has 5 rings (SSSR count). The van der Waals surface area contributed by atoms with E-state index in [4.69, 9.17) is 9.47 Å². The van der Waals surface area contributed by atoms with Gasteiger partial charge in [0.05, 0.1) is 17.6 Å². The normalized spacial score (nSPS) is 20.3. The van der Waals surface area contributed by atoms with E-state index < -0.39 is 65.4 Å². The zero-order chi connectivity index (χ0) is 34.1. The lowest BCUT2D eigenvalue weighted by Crippen LogP contribution is -2.72. The highest BCUT2D eigenvalue weighted by atomic mass is 19.4. The summed E-state index contributed by atoms with van der Waals surface area (Å²) in [4.78, 5) is 57.4. The van der Waals surface area contributed by atoms with Crippen molar-refractivity contribution in [1.29, 1.82) is 0 Å². The number of benzene rings is 3. The molecule has 0 saturated carbocycles. The van der Waals surface area contributed by atoms with E-state index in [0.717, 1.165) is 22.6 Å². The minimum Gasteiger partial charge on any atom is -0.458 e. The first-order valence-corrected chi connectivity index (χ1v) is 14.9. The second kappa shape index (κ2) is 12.9. The number of likely N-dealkylation sites (tertiary alicyclic amines) is 1. The number of cyclic esters (lactones) is 1. The summed E-state index contributed by atoms with van der Waals surface area (Å²) in [5.41, 5.74) is -0.00419. The topological polar surface area (TPSA) is 105 Å². The number of esters is 1. The molecule has 0 aromatic heterocycles. The molecule has 2 fully saturated rings. The number of halogens is 3. The van der Waals surface area contributed by atoms with Crippen molar-refractivity contribution in [3.63, 3.8) is 0 Å². The lowest BCUT2D eigenvalue weighted by atomic mass is 9.82. The fourth-order valence-corrected chi connectivity index (χ4v) is 5.86. The van der Waals surface area contributed by atoms with E-state index in [-0.39, 0.29) is 18.7 Å². The van der Waals surface area contributed by atoms with Gasteiger partial charge in [0.1, 0.15) is 18.2 Å². The number of alkyl halides is 3. The molecule has 9 nitrogen and oxygen atoms in total. The number of amides is 3. The Labute approximate surface area is 269 Å². The molecule has 0 aliphatic carbocycles. The summed E-state index contributed by atoms with van der Waals surface area (Å²) in [6.07, 6.45) is -3.78. The molecule has 0 spiro atoms. The van der Waals surface area contributed by atoms with Crippen LogP contribution < -0.4 is 5.32 Å². The van der Waals surface area contributed by atoms with Crippen molar-refractivity contribution in [2.24, 2.45) is 0 Å². The van der Waals surface area contributed by atoms with Gasteiger partial charge in [-0.1, -0.05) is 79.4 Å². The average molecular weight is 650 g/mol. The van der Waals surface area contributed by atoms with Gasteiger partial charge in [-0.3, -0.25) is 14.5 Å². The second-order valence-electron chi connectivity index (χ2n) is 12.2. The standard InChI is InChI=1S/C35H34F3N3O6/c1-5-22-13-9-10-17-25(22)27-28(40-26(20-46-33(40)45)23-14-7-6-8-15-23)31(43)41(27)29(32(44)47-34(2,3)4)30(42)39-19-21-12-11-16-24(18-21)35(36,37)38/h5-18,26-29H,1,19-20H2,2-4H3,(H,39,42)/t26-,27-,28+,29?/m1/s1. The van der Waals surface area contributed by atoms with Crippen LogP contribution in [0, 0.1) is 0 Å². The molecular formula is C35H34F3N3O6. The zero-order valence-electron chi connectivity index (χ0n) is 26.0. The van der Waals surface area contributed by atoms with E-state index >= 15 is 0 Å². The number of rotatable bonds is 9. The molecule has 4 atom stereocenters. The average Bonchev–Trinajstić information content (AvgIpc) is 3.40. The van der Waals surface area contributed by atoms with E-state index in [1.807, 2.05) is 6.07 Å². The smallest absolute Gasteiger partial charge is 0.416 e. The van der Waals surface area contributed by atoms with Crippen LogP contribution in [0.1, 0.15) is 60.7 Å². The fourth-order valence-electron chi connectivity index (χ4n) is 5.86. The molecule has 0 radical (unpaired) electrons. The van der Waals surface area contributed by atoms with E-state index in [9.17, 15) is 32.3 Å². The number of hydrogen-bond donors (Lipinski definition) is 1. The van der Waals surface area contributed by atoms with Gasteiger partial charge in [0.15, 0.2) is 0 Å². The van der Waals surface area contributed by atoms with Gasteiger partial charge in [-0.05, 0) is 55.2 Å². The predicted octanol–water partition coefficient (Wildman–Crippen LogP) is 5.82. The first kappa shape index (κ1) is 33.2. The molecule has 2 aliphatic heterocycles. The van der Waals surface area contributed by atoms with Gasteiger partial charge in [-0.15, -0.1) is 0 Å². The highest BCUT2D eigenvalue weighted by Crippen LogP contribution is 2.46. The Morgan fingerprint density at radius 1 is 1.00 bits per heavy atom. The molecular weight excluding hydrogens is 615 g/mol. The van der Waals surface area contributed by atoms with Gasteiger partial charge in [0.25, 0.3) is 5.91 Å². The molecule has 2 aliphatic rings. The first-order chi connectivity index (χ1) is 22.2. The van der Waals surface area contributed by atoms with Crippen molar-refractivity contribution in [1.82, 2.24) is 15.1 Å². The Kier molecular flexibility index (Phi) is 9.15. The van der Waals surface area contributed by atoms with Crippen LogP contribution >= 0.6 is 0 Å². The minimum atomic E-state index is -4.60. The van der Waals surface area contributed by atoms with Gasteiger partial charge >= 0.3 is 18.2 Å². The Morgan fingerprint density at radius 3 is 2.34 bits per heavy atom. The van der Waals surface area contributed by atoms with E-state index in [1.165, 1.54) is 17.0 Å². The largest absolute Gasteiger partial charge is 0.458 e. The number of carbonyl (C=O) groups excluding carboxylic acids is 4. The fraction of sp³-hybridized carbons (Fsp3) is 0.314. The highest BCUT2D eigenvalue weighted by Gasteiger charge is 2.61. The molecule has 3 amide bonds. The van der Waals surface area contributed by atoms with Crippen molar-refractivity contribution < 1.29 is 41.8 Å². The number of β-lactam (4-membered cyclic amide) rings is 1. The monoisotopic (exact) mass is 649 g/mol. The lowest BCUT2D eigenvalue weighted by molar-refractivity contribution is -0.182. The summed E-state index contributed by atoms with van der Waals surface area (Å²) in [5, 5.41) is 2.52. The van der Waals surface area contributed by atoms with E-state index in [2.05, 4.69) is 11.9 Å². The van der Waals surface area contributed by atoms with Crippen molar-refractivity contribution in [2.45, 2.75) is 63.3 Å². The molecule has 3 aromatic carbocycles. The van der Waals surface area contributed by atoms with Crippen molar-refractivity contribution >= 4 is 30.0 Å². The third-order valence-electron chi connectivity index (χ3n) is 7.91. The van der Waals surface area contributed by atoms with Crippen LogP contribution in [0.2, 0.25) is 0 Å². The number of nitrogens with one attached hydrogen (secondary N) is 1.